The number of fused-ring (bicyclic) bond motifs is 1. The largest absolute Gasteiger partial charge is 0.480 e. The Morgan fingerprint density at radius 1 is 1.31 bits per heavy atom. The minimum atomic E-state index is -1.12. The van der Waals surface area contributed by atoms with E-state index in [0.717, 1.165) is 0 Å². The summed E-state index contributed by atoms with van der Waals surface area (Å²) in [6.07, 6.45) is 0.937. The molecule has 9 nitrogen and oxygen atoms in total. The van der Waals surface area contributed by atoms with Crippen molar-refractivity contribution in [1.29, 1.82) is 0 Å². The molecule has 2 aliphatic heterocycles. The second kappa shape index (κ2) is 8.02. The van der Waals surface area contributed by atoms with Gasteiger partial charge in [0.25, 0.3) is 11.8 Å². The number of rotatable bonds is 6. The molecule has 1 fully saturated rings. The molecule has 0 saturated carbocycles. The van der Waals surface area contributed by atoms with Crippen LogP contribution in [0.3, 0.4) is 0 Å². The predicted octanol–water partition coefficient (Wildman–Crippen LogP) is 0.677. The highest BCUT2D eigenvalue weighted by atomic mass is 16.4. The van der Waals surface area contributed by atoms with Gasteiger partial charge in [0.1, 0.15) is 12.1 Å². The Labute approximate surface area is 167 Å². The summed E-state index contributed by atoms with van der Waals surface area (Å²) in [6.45, 7) is 3.62. The third kappa shape index (κ3) is 3.85. The third-order valence-corrected chi connectivity index (χ3v) is 5.59. The number of benzene rings is 1. The molecule has 0 radical (unpaired) electrons. The molecule has 3 rings (SSSR count). The van der Waals surface area contributed by atoms with Crippen LogP contribution in [0.5, 0.6) is 0 Å². The molecule has 0 bridgehead atoms. The lowest BCUT2D eigenvalue weighted by atomic mass is 9.97. The number of carboxylic acid groups (broad SMARTS) is 1. The maximum atomic E-state index is 12.8. The normalized spacial score (nSPS) is 20.7. The Balaban J connectivity index is 1.85. The van der Waals surface area contributed by atoms with Crippen LogP contribution in [0, 0.1) is 5.92 Å². The van der Waals surface area contributed by atoms with Gasteiger partial charge in [-0.05, 0) is 30.0 Å². The number of nitrogens with zero attached hydrogens (tertiary/aromatic N) is 1. The second-order valence-electron chi connectivity index (χ2n) is 7.41. The summed E-state index contributed by atoms with van der Waals surface area (Å²) in [5.74, 6) is -3.26. The van der Waals surface area contributed by atoms with Crippen molar-refractivity contribution in [3.8, 4) is 0 Å². The van der Waals surface area contributed by atoms with E-state index in [1.165, 1.54) is 11.0 Å². The molecular formula is C20H23N3O6. The van der Waals surface area contributed by atoms with Crippen LogP contribution >= 0.6 is 0 Å². The second-order valence-corrected chi connectivity index (χ2v) is 7.41. The van der Waals surface area contributed by atoms with Crippen LogP contribution in [-0.4, -0.2) is 51.7 Å². The van der Waals surface area contributed by atoms with Crippen molar-refractivity contribution < 1.29 is 29.1 Å². The number of carbonyl (C=O) groups is 5. The van der Waals surface area contributed by atoms with E-state index in [2.05, 4.69) is 10.6 Å². The van der Waals surface area contributed by atoms with Crippen LogP contribution in [0.2, 0.25) is 0 Å². The Morgan fingerprint density at radius 2 is 2.03 bits per heavy atom. The Kier molecular flexibility index (Phi) is 5.67. The molecule has 0 spiro atoms. The lowest BCUT2D eigenvalue weighted by molar-refractivity contribution is -0.140. The van der Waals surface area contributed by atoms with Crippen LogP contribution in [0.15, 0.2) is 18.2 Å². The zero-order chi connectivity index (χ0) is 21.3. The smallest absolute Gasteiger partial charge is 0.326 e. The third-order valence-electron chi connectivity index (χ3n) is 5.59. The molecule has 3 N–H and O–H groups in total. The van der Waals surface area contributed by atoms with Gasteiger partial charge in [-0.2, -0.15) is 0 Å². The summed E-state index contributed by atoms with van der Waals surface area (Å²) < 4.78 is 0. The first kappa shape index (κ1) is 20.5. The molecule has 0 aliphatic carbocycles. The molecule has 4 amide bonds. The number of carbonyl (C=O) groups excluding carboxylic acids is 4. The number of hydrogen-bond acceptors (Lipinski definition) is 5. The van der Waals surface area contributed by atoms with E-state index in [4.69, 9.17) is 0 Å². The van der Waals surface area contributed by atoms with E-state index in [0.29, 0.717) is 17.5 Å². The molecule has 1 unspecified atom stereocenters. The van der Waals surface area contributed by atoms with E-state index in [9.17, 15) is 29.1 Å². The predicted molar refractivity (Wildman–Crippen MR) is 101 cm³/mol. The number of imide groups is 1. The van der Waals surface area contributed by atoms with Crippen molar-refractivity contribution in [3.63, 3.8) is 0 Å². The molecule has 9 heteroatoms. The Morgan fingerprint density at radius 3 is 2.66 bits per heavy atom. The van der Waals surface area contributed by atoms with Gasteiger partial charge in [-0.15, -0.1) is 0 Å². The number of nitrogens with one attached hydrogen (secondary N) is 2. The molecule has 3 atom stereocenters. The Bertz CT molecular complexity index is 896. The summed E-state index contributed by atoms with van der Waals surface area (Å²) in [4.78, 5) is 62.0. The lowest BCUT2D eigenvalue weighted by Gasteiger charge is -2.29. The molecular weight excluding hydrogens is 378 g/mol. The van der Waals surface area contributed by atoms with E-state index in [1.807, 2.05) is 6.92 Å². The fraction of sp³-hybridized carbons (Fsp3) is 0.450. The summed E-state index contributed by atoms with van der Waals surface area (Å²) in [5, 5.41) is 14.2. The highest BCUT2D eigenvalue weighted by Gasteiger charge is 2.40. The van der Waals surface area contributed by atoms with Crippen LogP contribution in [0.25, 0.3) is 0 Å². The van der Waals surface area contributed by atoms with Gasteiger partial charge in [-0.25, -0.2) is 4.79 Å². The minimum absolute atomic E-state index is 0.0467. The molecule has 2 heterocycles. The highest BCUT2D eigenvalue weighted by molar-refractivity contribution is 6.08. The van der Waals surface area contributed by atoms with E-state index < -0.39 is 29.9 Å². The fourth-order valence-electron chi connectivity index (χ4n) is 3.70. The van der Waals surface area contributed by atoms with E-state index >= 15 is 0 Å². The topological polar surface area (TPSA) is 133 Å². The van der Waals surface area contributed by atoms with Gasteiger partial charge in [-0.1, -0.05) is 26.3 Å². The van der Waals surface area contributed by atoms with Crippen molar-refractivity contribution in [3.05, 3.63) is 34.9 Å². The summed E-state index contributed by atoms with van der Waals surface area (Å²) in [6, 6.07) is 2.83. The molecule has 29 heavy (non-hydrogen) atoms. The van der Waals surface area contributed by atoms with Gasteiger partial charge >= 0.3 is 5.97 Å². The van der Waals surface area contributed by atoms with Gasteiger partial charge in [0.15, 0.2) is 0 Å². The van der Waals surface area contributed by atoms with E-state index in [1.54, 1.807) is 19.1 Å². The van der Waals surface area contributed by atoms with Crippen molar-refractivity contribution >= 4 is 29.6 Å². The first-order chi connectivity index (χ1) is 13.7. The maximum Gasteiger partial charge on any atom is 0.326 e. The van der Waals surface area contributed by atoms with Crippen molar-refractivity contribution in [2.75, 3.05) is 0 Å². The number of amides is 4. The number of carboxylic acids is 1. The van der Waals surface area contributed by atoms with Crippen molar-refractivity contribution in [2.24, 2.45) is 5.92 Å². The standard InChI is InChI=1S/C20H23N3O6/c1-3-10(2)16(20(28)29)22-17(25)11-5-4-6-12-13(11)9-23(19(12)27)14-7-8-15(24)21-18(14)26/h4-6,10,14,16H,3,7-9H2,1-2H3,(H,22,25)(H,28,29)(H,21,24,26)/t10-,14?,16-/m0/s1. The highest BCUT2D eigenvalue weighted by Crippen LogP contribution is 2.30. The van der Waals surface area contributed by atoms with Crippen LogP contribution in [0.4, 0.5) is 0 Å². The summed E-state index contributed by atoms with van der Waals surface area (Å²) >= 11 is 0. The monoisotopic (exact) mass is 401 g/mol. The summed E-state index contributed by atoms with van der Waals surface area (Å²) in [7, 11) is 0. The van der Waals surface area contributed by atoms with Crippen molar-refractivity contribution in [1.82, 2.24) is 15.5 Å². The van der Waals surface area contributed by atoms with Gasteiger partial charge in [0.2, 0.25) is 11.8 Å². The SMILES string of the molecule is CC[C@H](C)[C@H](NC(=O)c1cccc2c1CN(C1CCC(=O)NC1=O)C2=O)C(=O)O. The molecule has 0 aromatic heterocycles. The number of aliphatic carboxylic acids is 1. The first-order valence-corrected chi connectivity index (χ1v) is 9.54. The van der Waals surface area contributed by atoms with E-state index in [-0.39, 0.29) is 42.7 Å². The molecule has 2 aliphatic rings. The number of hydrogen-bond donors (Lipinski definition) is 3. The zero-order valence-corrected chi connectivity index (χ0v) is 16.2. The summed E-state index contributed by atoms with van der Waals surface area (Å²) in [5.41, 5.74) is 0.964. The molecule has 1 saturated heterocycles. The average molecular weight is 401 g/mol. The lowest BCUT2D eigenvalue weighted by Crippen LogP contribution is -2.52. The van der Waals surface area contributed by atoms with Gasteiger partial charge in [0, 0.05) is 24.1 Å². The average Bonchev–Trinajstić information content (AvgIpc) is 3.01. The maximum absolute atomic E-state index is 12.8. The van der Waals surface area contributed by atoms with Crippen molar-refractivity contribution in [2.45, 2.75) is 51.7 Å². The van der Waals surface area contributed by atoms with Gasteiger partial charge < -0.3 is 15.3 Å². The molecule has 1 aromatic carbocycles. The van der Waals surface area contributed by atoms with Gasteiger partial charge in [0.05, 0.1) is 0 Å². The van der Waals surface area contributed by atoms with Crippen LogP contribution < -0.4 is 10.6 Å². The molecule has 1 aromatic rings. The van der Waals surface area contributed by atoms with Crippen LogP contribution in [-0.2, 0) is 20.9 Å². The zero-order valence-electron chi connectivity index (χ0n) is 16.2. The minimum Gasteiger partial charge on any atom is -0.480 e. The van der Waals surface area contributed by atoms with Gasteiger partial charge in [-0.3, -0.25) is 24.5 Å². The fourth-order valence-corrected chi connectivity index (χ4v) is 3.70. The number of piperidine rings is 1. The first-order valence-electron chi connectivity index (χ1n) is 9.54. The Hall–Kier alpha value is -3.23. The molecule has 154 valence electrons. The van der Waals surface area contributed by atoms with Crippen LogP contribution in [0.1, 0.15) is 59.4 Å². The quantitative estimate of drug-likeness (QED) is 0.600.